The molecule has 0 aromatic rings. The first-order valence-electron chi connectivity index (χ1n) is 5.38. The largest absolute Gasteiger partial charge is 0.0985 e. The van der Waals surface area contributed by atoms with Crippen molar-refractivity contribution < 1.29 is 0 Å². The molecule has 0 heterocycles. The van der Waals surface area contributed by atoms with Crippen LogP contribution in [0, 0.1) is 11.8 Å². The Bertz CT molecular complexity index is 286. The molecule has 0 saturated carbocycles. The van der Waals surface area contributed by atoms with Crippen LogP contribution in [0.2, 0.25) is 0 Å². The maximum atomic E-state index is 3.15. The van der Waals surface area contributed by atoms with Gasteiger partial charge in [-0.1, -0.05) is 24.8 Å². The van der Waals surface area contributed by atoms with Crippen LogP contribution in [0.25, 0.3) is 0 Å². The number of allylic oxidation sites excluding steroid dienone is 4. The SMILES string of the molecule is CCCC#C/C=C(\I)C1=CCCCC1. The van der Waals surface area contributed by atoms with Crippen molar-refractivity contribution in [3.8, 4) is 11.8 Å². The van der Waals surface area contributed by atoms with Crippen molar-refractivity contribution in [1.29, 1.82) is 0 Å². The van der Waals surface area contributed by atoms with E-state index in [2.05, 4.69) is 53.5 Å². The van der Waals surface area contributed by atoms with Crippen molar-refractivity contribution in [2.45, 2.75) is 45.4 Å². The third kappa shape index (κ3) is 4.32. The summed E-state index contributed by atoms with van der Waals surface area (Å²) in [6.45, 7) is 2.16. The molecular formula is C13H17I. The maximum absolute atomic E-state index is 3.15. The highest BCUT2D eigenvalue weighted by atomic mass is 127. The van der Waals surface area contributed by atoms with Crippen molar-refractivity contribution in [2.75, 3.05) is 0 Å². The molecule has 0 spiro atoms. The molecule has 0 unspecified atom stereocenters. The lowest BCUT2D eigenvalue weighted by Crippen LogP contribution is -1.90. The van der Waals surface area contributed by atoms with E-state index >= 15 is 0 Å². The number of halogens is 1. The number of hydrogen-bond acceptors (Lipinski definition) is 0. The van der Waals surface area contributed by atoms with Crippen LogP contribution in [0.1, 0.15) is 45.4 Å². The van der Waals surface area contributed by atoms with E-state index in [-0.39, 0.29) is 0 Å². The number of hydrogen-bond donors (Lipinski definition) is 0. The summed E-state index contributed by atoms with van der Waals surface area (Å²) < 4.78 is 1.34. The number of rotatable bonds is 2. The molecule has 0 bridgehead atoms. The highest BCUT2D eigenvalue weighted by molar-refractivity contribution is 14.1. The quantitative estimate of drug-likeness (QED) is 0.516. The highest BCUT2D eigenvalue weighted by Crippen LogP contribution is 2.27. The molecule has 0 radical (unpaired) electrons. The Morgan fingerprint density at radius 1 is 1.57 bits per heavy atom. The van der Waals surface area contributed by atoms with E-state index in [0.29, 0.717) is 0 Å². The van der Waals surface area contributed by atoms with Crippen LogP contribution in [0.15, 0.2) is 21.3 Å². The Hall–Kier alpha value is -0.230. The van der Waals surface area contributed by atoms with Gasteiger partial charge in [0.1, 0.15) is 0 Å². The molecule has 14 heavy (non-hydrogen) atoms. The molecule has 1 rings (SSSR count). The molecule has 0 amide bonds. The van der Waals surface area contributed by atoms with Gasteiger partial charge in [0.05, 0.1) is 0 Å². The van der Waals surface area contributed by atoms with Gasteiger partial charge >= 0.3 is 0 Å². The summed E-state index contributed by atoms with van der Waals surface area (Å²) in [5.41, 5.74) is 1.50. The summed E-state index contributed by atoms with van der Waals surface area (Å²) in [5.74, 6) is 6.27. The van der Waals surface area contributed by atoms with Crippen LogP contribution in [0.4, 0.5) is 0 Å². The molecule has 0 saturated heterocycles. The maximum Gasteiger partial charge on any atom is 0.0242 e. The van der Waals surface area contributed by atoms with Crippen LogP contribution in [-0.4, -0.2) is 0 Å². The van der Waals surface area contributed by atoms with Crippen LogP contribution in [0.3, 0.4) is 0 Å². The van der Waals surface area contributed by atoms with Crippen molar-refractivity contribution in [3.63, 3.8) is 0 Å². The Morgan fingerprint density at radius 2 is 2.43 bits per heavy atom. The molecule has 1 heteroatoms. The van der Waals surface area contributed by atoms with Crippen LogP contribution in [-0.2, 0) is 0 Å². The van der Waals surface area contributed by atoms with Gasteiger partial charge in [-0.3, -0.25) is 0 Å². The van der Waals surface area contributed by atoms with Gasteiger partial charge in [0, 0.05) is 16.1 Å². The Labute approximate surface area is 101 Å². The van der Waals surface area contributed by atoms with Gasteiger partial charge in [0.15, 0.2) is 0 Å². The van der Waals surface area contributed by atoms with Crippen LogP contribution >= 0.6 is 22.6 Å². The van der Waals surface area contributed by atoms with Crippen LogP contribution < -0.4 is 0 Å². The average Bonchev–Trinajstić information content (AvgIpc) is 2.25. The molecule has 76 valence electrons. The fourth-order valence-electron chi connectivity index (χ4n) is 1.46. The molecule has 0 aromatic heterocycles. The van der Waals surface area contributed by atoms with E-state index in [0.717, 1.165) is 12.8 Å². The normalized spacial score (nSPS) is 17.0. The first-order valence-corrected chi connectivity index (χ1v) is 6.46. The second-order valence-corrected chi connectivity index (χ2v) is 4.70. The summed E-state index contributed by atoms with van der Waals surface area (Å²) >= 11 is 2.40. The molecule has 0 N–H and O–H groups in total. The van der Waals surface area contributed by atoms with E-state index in [1.54, 1.807) is 0 Å². The third-order valence-electron chi connectivity index (χ3n) is 2.27. The first-order chi connectivity index (χ1) is 6.84. The van der Waals surface area contributed by atoms with E-state index in [4.69, 9.17) is 0 Å². The van der Waals surface area contributed by atoms with Gasteiger partial charge in [-0.15, -0.1) is 0 Å². The van der Waals surface area contributed by atoms with Crippen molar-refractivity contribution in [2.24, 2.45) is 0 Å². The zero-order chi connectivity index (χ0) is 10.2. The van der Waals surface area contributed by atoms with E-state index in [1.807, 2.05) is 0 Å². The molecule has 0 aromatic carbocycles. The van der Waals surface area contributed by atoms with Gasteiger partial charge in [0.2, 0.25) is 0 Å². The summed E-state index contributed by atoms with van der Waals surface area (Å²) in [5, 5.41) is 0. The molecule has 0 fully saturated rings. The predicted octanol–water partition coefficient (Wildman–Crippen LogP) is 4.61. The molecule has 0 nitrogen and oxygen atoms in total. The van der Waals surface area contributed by atoms with Crippen molar-refractivity contribution in [1.82, 2.24) is 0 Å². The molecule has 1 aliphatic carbocycles. The van der Waals surface area contributed by atoms with Gasteiger partial charge in [0.25, 0.3) is 0 Å². The van der Waals surface area contributed by atoms with Crippen molar-refractivity contribution in [3.05, 3.63) is 21.3 Å². The Morgan fingerprint density at radius 3 is 3.07 bits per heavy atom. The fraction of sp³-hybridized carbons (Fsp3) is 0.538. The van der Waals surface area contributed by atoms with Crippen LogP contribution in [0.5, 0.6) is 0 Å². The highest BCUT2D eigenvalue weighted by Gasteiger charge is 2.05. The lowest BCUT2D eigenvalue weighted by Gasteiger charge is -2.10. The summed E-state index contributed by atoms with van der Waals surface area (Å²) in [7, 11) is 0. The molecule has 0 atom stereocenters. The molecule has 0 aliphatic heterocycles. The first kappa shape index (κ1) is 11.8. The summed E-state index contributed by atoms with van der Waals surface area (Å²) in [6.07, 6.45) is 11.8. The second-order valence-electron chi connectivity index (χ2n) is 3.54. The third-order valence-corrected chi connectivity index (χ3v) is 3.28. The Balaban J connectivity index is 2.51. The minimum atomic E-state index is 1.01. The lowest BCUT2D eigenvalue weighted by molar-refractivity contribution is 0.711. The molecular weight excluding hydrogens is 283 g/mol. The van der Waals surface area contributed by atoms with Gasteiger partial charge in [-0.2, -0.15) is 0 Å². The van der Waals surface area contributed by atoms with Gasteiger partial charge in [-0.25, -0.2) is 0 Å². The second kappa shape index (κ2) is 7.11. The fourth-order valence-corrected chi connectivity index (χ4v) is 2.10. The zero-order valence-corrected chi connectivity index (χ0v) is 10.9. The van der Waals surface area contributed by atoms with Gasteiger partial charge in [-0.05, 0) is 60.3 Å². The molecule has 1 aliphatic rings. The summed E-state index contributed by atoms with van der Waals surface area (Å²) in [6, 6.07) is 0. The van der Waals surface area contributed by atoms with E-state index < -0.39 is 0 Å². The Kier molecular flexibility index (Phi) is 6.02. The monoisotopic (exact) mass is 300 g/mol. The topological polar surface area (TPSA) is 0 Å². The van der Waals surface area contributed by atoms with E-state index in [9.17, 15) is 0 Å². The van der Waals surface area contributed by atoms with Gasteiger partial charge < -0.3 is 0 Å². The lowest BCUT2D eigenvalue weighted by atomic mass is 9.99. The smallest absolute Gasteiger partial charge is 0.0242 e. The minimum absolute atomic E-state index is 1.01. The predicted molar refractivity (Wildman–Crippen MR) is 71.3 cm³/mol. The van der Waals surface area contributed by atoms with Crippen molar-refractivity contribution >= 4 is 22.6 Å². The van der Waals surface area contributed by atoms with E-state index in [1.165, 1.54) is 34.8 Å². The zero-order valence-electron chi connectivity index (χ0n) is 8.78. The average molecular weight is 300 g/mol. The standard InChI is InChI=1S/C13H17I/c1-2-3-4-8-11-13(14)12-9-6-5-7-10-12/h9,11H,2-3,5-7,10H2,1H3/b13-11-. The number of unbranched alkanes of at least 4 members (excludes halogenated alkanes) is 1. The summed E-state index contributed by atoms with van der Waals surface area (Å²) in [4.78, 5) is 0. The minimum Gasteiger partial charge on any atom is -0.0985 e.